The highest BCUT2D eigenvalue weighted by atomic mass is 79.9. The number of hydrogen-bond donors (Lipinski definition) is 1. The predicted octanol–water partition coefficient (Wildman–Crippen LogP) is 4.97. The minimum atomic E-state index is 0.325. The van der Waals surface area contributed by atoms with Gasteiger partial charge in [0.1, 0.15) is 5.75 Å². The highest BCUT2D eigenvalue weighted by Crippen LogP contribution is 2.33. The first kappa shape index (κ1) is 11.3. The fraction of sp³-hybridized carbons (Fsp3) is 0. The van der Waals surface area contributed by atoms with Crippen molar-refractivity contribution in [3.8, 4) is 16.9 Å². The van der Waals surface area contributed by atoms with Crippen LogP contribution in [-0.2, 0) is 0 Å². The highest BCUT2D eigenvalue weighted by molar-refractivity contribution is 9.10. The summed E-state index contributed by atoms with van der Waals surface area (Å²) in [5.74, 6) is 0.325. The average molecular weight is 299 g/mol. The second kappa shape index (κ2) is 4.46. The maximum atomic E-state index is 9.88. The molecule has 3 rings (SSSR count). The molecule has 2 heteroatoms. The summed E-state index contributed by atoms with van der Waals surface area (Å²) in [5, 5.41) is 11.8. The average Bonchev–Trinajstić information content (AvgIpc) is 2.40. The fourth-order valence-corrected chi connectivity index (χ4v) is 2.44. The normalized spacial score (nSPS) is 10.7. The zero-order valence-electron chi connectivity index (χ0n) is 9.60. The van der Waals surface area contributed by atoms with Crippen molar-refractivity contribution in [3.05, 3.63) is 65.1 Å². The molecule has 18 heavy (non-hydrogen) atoms. The zero-order chi connectivity index (χ0) is 12.5. The molecular formula is C16H11BrO. The van der Waals surface area contributed by atoms with Gasteiger partial charge in [0.25, 0.3) is 0 Å². The summed E-state index contributed by atoms with van der Waals surface area (Å²) < 4.78 is 1.06. The maximum absolute atomic E-state index is 9.88. The van der Waals surface area contributed by atoms with Gasteiger partial charge in [-0.25, -0.2) is 0 Å². The van der Waals surface area contributed by atoms with Crippen molar-refractivity contribution in [2.24, 2.45) is 0 Å². The molecule has 3 aromatic rings. The number of aromatic hydroxyl groups is 1. The van der Waals surface area contributed by atoms with E-state index in [0.29, 0.717) is 5.75 Å². The molecule has 0 saturated carbocycles. The van der Waals surface area contributed by atoms with Gasteiger partial charge in [0, 0.05) is 9.86 Å². The van der Waals surface area contributed by atoms with Crippen molar-refractivity contribution in [3.63, 3.8) is 0 Å². The van der Waals surface area contributed by atoms with Gasteiger partial charge in [0.05, 0.1) is 0 Å². The first-order valence-corrected chi connectivity index (χ1v) is 6.51. The Bertz CT molecular complexity index is 702. The van der Waals surface area contributed by atoms with Gasteiger partial charge in [-0.2, -0.15) is 0 Å². The third-order valence-corrected chi connectivity index (χ3v) is 3.58. The van der Waals surface area contributed by atoms with Gasteiger partial charge in [-0.1, -0.05) is 58.4 Å². The molecule has 0 spiro atoms. The highest BCUT2D eigenvalue weighted by Gasteiger charge is 2.05. The Morgan fingerprint density at radius 1 is 0.722 bits per heavy atom. The van der Waals surface area contributed by atoms with Gasteiger partial charge in [-0.3, -0.25) is 0 Å². The molecule has 1 nitrogen and oxygen atoms in total. The van der Waals surface area contributed by atoms with E-state index in [-0.39, 0.29) is 0 Å². The first-order valence-electron chi connectivity index (χ1n) is 5.72. The molecule has 0 amide bonds. The molecule has 1 N–H and O–H groups in total. The van der Waals surface area contributed by atoms with Crippen LogP contribution in [0.25, 0.3) is 21.9 Å². The Hall–Kier alpha value is -1.80. The van der Waals surface area contributed by atoms with Crippen LogP contribution in [0.3, 0.4) is 0 Å². The van der Waals surface area contributed by atoms with Crippen molar-refractivity contribution < 1.29 is 5.11 Å². The molecule has 0 fully saturated rings. The van der Waals surface area contributed by atoms with Crippen LogP contribution in [0, 0.1) is 0 Å². The molecule has 0 aliphatic carbocycles. The second-order valence-electron chi connectivity index (χ2n) is 4.18. The second-order valence-corrected chi connectivity index (χ2v) is 5.10. The molecule has 0 aliphatic heterocycles. The van der Waals surface area contributed by atoms with E-state index < -0.39 is 0 Å². The smallest absolute Gasteiger partial charge is 0.123 e. The van der Waals surface area contributed by atoms with E-state index in [9.17, 15) is 5.11 Å². The lowest BCUT2D eigenvalue weighted by molar-refractivity contribution is 0.481. The van der Waals surface area contributed by atoms with Crippen LogP contribution in [0.2, 0.25) is 0 Å². The molecule has 0 atom stereocenters. The van der Waals surface area contributed by atoms with Crippen LogP contribution < -0.4 is 0 Å². The van der Waals surface area contributed by atoms with Crippen molar-refractivity contribution in [2.75, 3.05) is 0 Å². The van der Waals surface area contributed by atoms with E-state index >= 15 is 0 Å². The lowest BCUT2D eigenvalue weighted by Crippen LogP contribution is -1.81. The summed E-state index contributed by atoms with van der Waals surface area (Å²) in [5.41, 5.74) is 2.28. The van der Waals surface area contributed by atoms with E-state index in [1.807, 2.05) is 36.4 Å². The molecule has 0 aromatic heterocycles. The van der Waals surface area contributed by atoms with Crippen molar-refractivity contribution >= 4 is 26.7 Å². The van der Waals surface area contributed by atoms with Gasteiger partial charge in [0.2, 0.25) is 0 Å². The van der Waals surface area contributed by atoms with Crippen molar-refractivity contribution in [2.45, 2.75) is 0 Å². The van der Waals surface area contributed by atoms with E-state index in [0.717, 1.165) is 26.4 Å². The van der Waals surface area contributed by atoms with Crippen molar-refractivity contribution in [1.82, 2.24) is 0 Å². The zero-order valence-corrected chi connectivity index (χ0v) is 11.2. The minimum Gasteiger partial charge on any atom is -0.507 e. The SMILES string of the molecule is Oc1cccc2c(-c3ccc(Br)cc3)cccc12. The summed E-state index contributed by atoms with van der Waals surface area (Å²) in [4.78, 5) is 0. The summed E-state index contributed by atoms with van der Waals surface area (Å²) in [6.07, 6.45) is 0. The lowest BCUT2D eigenvalue weighted by Gasteiger charge is -2.08. The number of fused-ring (bicyclic) bond motifs is 1. The number of rotatable bonds is 1. The molecule has 88 valence electrons. The Kier molecular flexibility index (Phi) is 2.80. The van der Waals surface area contributed by atoms with E-state index in [2.05, 4.69) is 34.1 Å². The van der Waals surface area contributed by atoms with E-state index in [4.69, 9.17) is 0 Å². The molecule has 3 aromatic carbocycles. The Morgan fingerprint density at radius 3 is 2.17 bits per heavy atom. The standard InChI is InChI=1S/C16H11BrO/c17-12-9-7-11(8-10-12)13-3-1-5-15-14(13)4-2-6-16(15)18/h1-10,18H. The third kappa shape index (κ3) is 1.89. The quantitative estimate of drug-likeness (QED) is 0.672. The number of benzene rings is 3. The number of phenols is 1. The summed E-state index contributed by atoms with van der Waals surface area (Å²) >= 11 is 3.44. The van der Waals surface area contributed by atoms with Crippen LogP contribution in [0.5, 0.6) is 5.75 Å². The molecule has 0 unspecified atom stereocenters. The molecule has 0 aliphatic rings. The maximum Gasteiger partial charge on any atom is 0.123 e. The lowest BCUT2D eigenvalue weighted by atomic mass is 9.98. The third-order valence-electron chi connectivity index (χ3n) is 3.05. The minimum absolute atomic E-state index is 0.325. The first-order chi connectivity index (χ1) is 8.75. The van der Waals surface area contributed by atoms with E-state index in [1.54, 1.807) is 6.07 Å². The van der Waals surface area contributed by atoms with Gasteiger partial charge in [0.15, 0.2) is 0 Å². The Labute approximate surface area is 114 Å². The molecule has 0 saturated heterocycles. The summed E-state index contributed by atoms with van der Waals surface area (Å²) in [6.45, 7) is 0. The van der Waals surface area contributed by atoms with Crippen molar-refractivity contribution in [1.29, 1.82) is 0 Å². The fourth-order valence-electron chi connectivity index (χ4n) is 2.17. The molecule has 0 radical (unpaired) electrons. The van der Waals surface area contributed by atoms with Crippen LogP contribution >= 0.6 is 15.9 Å². The van der Waals surface area contributed by atoms with Gasteiger partial charge < -0.3 is 5.11 Å². The van der Waals surface area contributed by atoms with E-state index in [1.165, 1.54) is 0 Å². The van der Waals surface area contributed by atoms with Gasteiger partial charge in [-0.15, -0.1) is 0 Å². The number of phenolic OH excluding ortho intramolecular Hbond substituents is 1. The topological polar surface area (TPSA) is 20.2 Å². The molecule has 0 bridgehead atoms. The van der Waals surface area contributed by atoms with Crippen LogP contribution in [0.4, 0.5) is 0 Å². The van der Waals surface area contributed by atoms with Crippen LogP contribution in [-0.4, -0.2) is 5.11 Å². The Balaban J connectivity index is 2.29. The summed E-state index contributed by atoms with van der Waals surface area (Å²) in [6, 6.07) is 19.8. The van der Waals surface area contributed by atoms with Crippen LogP contribution in [0.1, 0.15) is 0 Å². The largest absolute Gasteiger partial charge is 0.507 e. The predicted molar refractivity (Wildman–Crippen MR) is 78.7 cm³/mol. The number of halogens is 1. The molecular weight excluding hydrogens is 288 g/mol. The van der Waals surface area contributed by atoms with Crippen LogP contribution in [0.15, 0.2) is 65.1 Å². The number of hydrogen-bond acceptors (Lipinski definition) is 1. The summed E-state index contributed by atoms with van der Waals surface area (Å²) in [7, 11) is 0. The Morgan fingerprint density at radius 2 is 1.39 bits per heavy atom. The molecule has 0 heterocycles. The van der Waals surface area contributed by atoms with Gasteiger partial charge in [-0.05, 0) is 34.7 Å². The van der Waals surface area contributed by atoms with Gasteiger partial charge >= 0.3 is 0 Å². The monoisotopic (exact) mass is 298 g/mol.